The van der Waals surface area contributed by atoms with E-state index in [2.05, 4.69) is 15.2 Å². The summed E-state index contributed by atoms with van der Waals surface area (Å²) in [6.45, 7) is 2.04. The lowest BCUT2D eigenvalue weighted by Crippen LogP contribution is -2.00. The largest absolute Gasteiger partial charge is 0.472 e. The van der Waals surface area contributed by atoms with Gasteiger partial charge in [-0.15, -0.1) is 5.10 Å². The van der Waals surface area contributed by atoms with E-state index in [0.717, 1.165) is 11.8 Å². The Morgan fingerprint density at radius 2 is 2.19 bits per heavy atom. The Balaban J connectivity index is 1.85. The van der Waals surface area contributed by atoms with Gasteiger partial charge in [0.1, 0.15) is 23.9 Å². The summed E-state index contributed by atoms with van der Waals surface area (Å²) in [5, 5.41) is 8.10. The summed E-state index contributed by atoms with van der Waals surface area (Å²) >= 11 is 0. The molecule has 0 unspecified atom stereocenters. The van der Waals surface area contributed by atoms with Gasteiger partial charge in [0.05, 0.1) is 17.5 Å². The Labute approximate surface area is 120 Å². The molecule has 0 spiro atoms. The van der Waals surface area contributed by atoms with Crippen molar-refractivity contribution in [1.82, 2.24) is 19.9 Å². The van der Waals surface area contributed by atoms with Crippen LogP contribution in [0.4, 0.5) is 4.39 Å². The van der Waals surface area contributed by atoms with Gasteiger partial charge in [-0.1, -0.05) is 5.16 Å². The molecule has 0 bridgehead atoms. The first-order valence-corrected chi connectivity index (χ1v) is 6.33. The van der Waals surface area contributed by atoms with E-state index in [1.165, 1.54) is 6.07 Å². The van der Waals surface area contributed by atoms with Crippen molar-refractivity contribution in [2.75, 3.05) is 0 Å². The molecule has 21 heavy (non-hydrogen) atoms. The minimum Gasteiger partial charge on any atom is -0.472 e. The smallest absolute Gasteiger partial charge is 0.233 e. The maximum Gasteiger partial charge on any atom is 0.233 e. The third kappa shape index (κ3) is 2.76. The SMILES string of the molecule is Cc1onc(-c2ccc(F)cn2)c1COc1ccn(C)n1. The number of nitrogens with zero attached hydrogens (tertiary/aromatic N) is 4. The Hall–Kier alpha value is -2.70. The summed E-state index contributed by atoms with van der Waals surface area (Å²) in [5.74, 6) is 0.744. The van der Waals surface area contributed by atoms with Gasteiger partial charge in [0, 0.05) is 19.3 Å². The molecule has 108 valence electrons. The van der Waals surface area contributed by atoms with Crippen LogP contribution in [0.1, 0.15) is 11.3 Å². The number of hydrogen-bond donors (Lipinski definition) is 0. The van der Waals surface area contributed by atoms with Gasteiger partial charge in [-0.2, -0.15) is 0 Å². The highest BCUT2D eigenvalue weighted by Crippen LogP contribution is 2.24. The van der Waals surface area contributed by atoms with Crippen molar-refractivity contribution in [2.24, 2.45) is 7.05 Å². The molecule has 6 nitrogen and oxygen atoms in total. The summed E-state index contributed by atoms with van der Waals surface area (Å²) in [4.78, 5) is 4.01. The molecule has 0 atom stereocenters. The fourth-order valence-corrected chi connectivity index (χ4v) is 1.90. The highest BCUT2D eigenvalue weighted by atomic mass is 19.1. The second kappa shape index (κ2) is 5.35. The van der Waals surface area contributed by atoms with Gasteiger partial charge in [0.25, 0.3) is 0 Å². The Bertz CT molecular complexity index is 749. The molecule has 0 radical (unpaired) electrons. The van der Waals surface area contributed by atoms with E-state index in [1.54, 1.807) is 29.9 Å². The molecular formula is C14H13FN4O2. The maximum atomic E-state index is 12.9. The van der Waals surface area contributed by atoms with Crippen molar-refractivity contribution >= 4 is 0 Å². The van der Waals surface area contributed by atoms with Crippen molar-refractivity contribution < 1.29 is 13.7 Å². The molecule has 0 fully saturated rings. The lowest BCUT2D eigenvalue weighted by atomic mass is 10.1. The zero-order valence-corrected chi connectivity index (χ0v) is 11.6. The van der Waals surface area contributed by atoms with Crippen molar-refractivity contribution in [3.05, 3.63) is 47.7 Å². The normalized spacial score (nSPS) is 10.8. The first-order chi connectivity index (χ1) is 10.1. The second-order valence-electron chi connectivity index (χ2n) is 4.54. The molecular weight excluding hydrogens is 275 g/mol. The molecule has 3 heterocycles. The van der Waals surface area contributed by atoms with Crippen molar-refractivity contribution in [1.29, 1.82) is 0 Å². The Morgan fingerprint density at radius 1 is 1.33 bits per heavy atom. The van der Waals surface area contributed by atoms with E-state index in [4.69, 9.17) is 9.26 Å². The molecule has 3 aromatic rings. The number of hydrogen-bond acceptors (Lipinski definition) is 5. The number of ether oxygens (including phenoxy) is 1. The Morgan fingerprint density at radius 3 is 2.86 bits per heavy atom. The second-order valence-corrected chi connectivity index (χ2v) is 4.54. The number of pyridine rings is 1. The van der Waals surface area contributed by atoms with Gasteiger partial charge >= 0.3 is 0 Å². The molecule has 0 aliphatic heterocycles. The standard InChI is InChI=1S/C14H13FN4O2/c1-9-11(8-20-13-5-6-19(2)17-13)14(18-21-9)12-4-3-10(15)7-16-12/h3-7H,8H2,1-2H3. The van der Waals surface area contributed by atoms with Crippen LogP contribution in [-0.4, -0.2) is 19.9 Å². The Kier molecular flexibility index (Phi) is 3.39. The molecule has 3 aromatic heterocycles. The molecule has 0 aliphatic rings. The molecule has 0 saturated carbocycles. The van der Waals surface area contributed by atoms with E-state index >= 15 is 0 Å². The highest BCUT2D eigenvalue weighted by molar-refractivity contribution is 5.58. The molecule has 0 amide bonds. The monoisotopic (exact) mass is 288 g/mol. The molecule has 7 heteroatoms. The topological polar surface area (TPSA) is 66.0 Å². The van der Waals surface area contributed by atoms with Crippen LogP contribution in [0.25, 0.3) is 11.4 Å². The first-order valence-electron chi connectivity index (χ1n) is 6.33. The zero-order chi connectivity index (χ0) is 14.8. The third-order valence-electron chi connectivity index (χ3n) is 3.01. The zero-order valence-electron chi connectivity index (χ0n) is 11.6. The molecule has 3 rings (SSSR count). The minimum absolute atomic E-state index is 0.251. The number of aromatic nitrogens is 4. The van der Waals surface area contributed by atoms with Crippen LogP contribution >= 0.6 is 0 Å². The van der Waals surface area contributed by atoms with Crippen molar-refractivity contribution in [3.8, 4) is 17.3 Å². The van der Waals surface area contributed by atoms with Gasteiger partial charge < -0.3 is 9.26 Å². The average Bonchev–Trinajstić information content (AvgIpc) is 3.04. The fraction of sp³-hybridized carbons (Fsp3) is 0.214. The average molecular weight is 288 g/mol. The van der Waals surface area contributed by atoms with Gasteiger partial charge in [-0.25, -0.2) is 4.39 Å². The lowest BCUT2D eigenvalue weighted by molar-refractivity contribution is 0.287. The van der Waals surface area contributed by atoms with Crippen molar-refractivity contribution in [3.63, 3.8) is 0 Å². The van der Waals surface area contributed by atoms with Gasteiger partial charge in [-0.3, -0.25) is 9.67 Å². The lowest BCUT2D eigenvalue weighted by Gasteiger charge is -2.03. The van der Waals surface area contributed by atoms with Crippen LogP contribution in [0.2, 0.25) is 0 Å². The molecule has 0 saturated heterocycles. The van der Waals surface area contributed by atoms with E-state index in [1.807, 2.05) is 7.05 Å². The predicted molar refractivity (Wildman–Crippen MR) is 72.0 cm³/mol. The predicted octanol–water partition coefficient (Wildman–Crippen LogP) is 2.50. The third-order valence-corrected chi connectivity index (χ3v) is 3.01. The van der Waals surface area contributed by atoms with E-state index in [-0.39, 0.29) is 6.61 Å². The van der Waals surface area contributed by atoms with Gasteiger partial charge in [0.15, 0.2) is 0 Å². The summed E-state index contributed by atoms with van der Waals surface area (Å²) < 4.78 is 25.4. The molecule has 0 aliphatic carbocycles. The quantitative estimate of drug-likeness (QED) is 0.738. The van der Waals surface area contributed by atoms with Crippen LogP contribution in [0.3, 0.4) is 0 Å². The molecule has 0 aromatic carbocycles. The van der Waals surface area contributed by atoms with Gasteiger partial charge in [0.2, 0.25) is 5.88 Å². The minimum atomic E-state index is -0.398. The summed E-state index contributed by atoms with van der Waals surface area (Å²) in [6, 6.07) is 4.64. The number of halogens is 1. The summed E-state index contributed by atoms with van der Waals surface area (Å²) in [7, 11) is 1.81. The summed E-state index contributed by atoms with van der Waals surface area (Å²) in [6.07, 6.45) is 2.93. The maximum absolute atomic E-state index is 12.9. The molecule has 0 N–H and O–H groups in total. The van der Waals surface area contributed by atoms with E-state index in [0.29, 0.717) is 23.0 Å². The van der Waals surface area contributed by atoms with E-state index in [9.17, 15) is 4.39 Å². The summed E-state index contributed by atoms with van der Waals surface area (Å²) in [5.41, 5.74) is 1.84. The van der Waals surface area contributed by atoms with Crippen LogP contribution in [0.5, 0.6) is 5.88 Å². The van der Waals surface area contributed by atoms with Gasteiger partial charge in [-0.05, 0) is 19.1 Å². The highest BCUT2D eigenvalue weighted by Gasteiger charge is 2.17. The van der Waals surface area contributed by atoms with Crippen LogP contribution in [-0.2, 0) is 13.7 Å². The van der Waals surface area contributed by atoms with Crippen LogP contribution in [0.15, 0.2) is 35.1 Å². The van der Waals surface area contributed by atoms with Crippen LogP contribution < -0.4 is 4.74 Å². The fourth-order valence-electron chi connectivity index (χ4n) is 1.90. The number of aryl methyl sites for hydroxylation is 2. The first kappa shape index (κ1) is 13.3. The van der Waals surface area contributed by atoms with Crippen molar-refractivity contribution in [2.45, 2.75) is 13.5 Å². The van der Waals surface area contributed by atoms with Crippen LogP contribution in [0, 0.1) is 12.7 Å². The van der Waals surface area contributed by atoms with E-state index < -0.39 is 5.82 Å². The number of rotatable bonds is 4.